The van der Waals surface area contributed by atoms with Crippen molar-refractivity contribution in [3.63, 3.8) is 0 Å². The maximum Gasteiger partial charge on any atom is 0.495 e. The molecule has 0 saturated carbocycles. The summed E-state index contributed by atoms with van der Waals surface area (Å²) in [6.07, 6.45) is 0. The number of hydrogen-bond acceptors (Lipinski definition) is 4. The quantitative estimate of drug-likeness (QED) is 0.514. The third-order valence-electron chi connectivity index (χ3n) is 6.06. The molecule has 1 fully saturated rings. The van der Waals surface area contributed by atoms with Crippen molar-refractivity contribution in [3.8, 4) is 22.3 Å². The molecular formula is C24H27BN2O2. The number of hydrogen-bond donors (Lipinski definition) is 2. The highest BCUT2D eigenvalue weighted by atomic mass is 16.7. The number of benzene rings is 3. The highest BCUT2D eigenvalue weighted by Crippen LogP contribution is 2.41. The van der Waals surface area contributed by atoms with Crippen molar-refractivity contribution >= 4 is 24.0 Å². The summed E-state index contributed by atoms with van der Waals surface area (Å²) in [4.78, 5) is 0. The summed E-state index contributed by atoms with van der Waals surface area (Å²) in [5.41, 5.74) is 18.2. The Bertz CT molecular complexity index is 1020. The van der Waals surface area contributed by atoms with E-state index >= 15 is 0 Å². The summed E-state index contributed by atoms with van der Waals surface area (Å²) in [5, 5.41) is 0. The lowest BCUT2D eigenvalue weighted by Gasteiger charge is -2.32. The third-order valence-corrected chi connectivity index (χ3v) is 6.06. The zero-order valence-corrected chi connectivity index (χ0v) is 17.4. The van der Waals surface area contributed by atoms with Crippen LogP contribution in [0.15, 0.2) is 66.7 Å². The molecule has 0 amide bonds. The molecule has 0 atom stereocenters. The van der Waals surface area contributed by atoms with E-state index in [1.165, 1.54) is 0 Å². The second-order valence-electron chi connectivity index (χ2n) is 8.54. The smallest absolute Gasteiger partial charge is 0.399 e. The van der Waals surface area contributed by atoms with Crippen molar-refractivity contribution in [2.75, 3.05) is 11.5 Å². The van der Waals surface area contributed by atoms with Gasteiger partial charge in [0.2, 0.25) is 0 Å². The largest absolute Gasteiger partial charge is 0.495 e. The minimum atomic E-state index is -0.551. The standard InChI is InChI=1S/C24H27BN2O2/c1-23(2)24(3,4)29-25(28-23)18-15-19(26)21(17-13-9-6-10-14-17)22(27)20(18)16-11-7-5-8-12-16/h5-15H,26-27H2,1-4H3. The first kappa shape index (κ1) is 19.6. The van der Waals surface area contributed by atoms with Gasteiger partial charge in [-0.1, -0.05) is 60.7 Å². The van der Waals surface area contributed by atoms with Crippen LogP contribution in [0.2, 0.25) is 0 Å². The van der Waals surface area contributed by atoms with Gasteiger partial charge in [0.05, 0.1) is 11.2 Å². The molecule has 0 aliphatic carbocycles. The molecule has 0 spiro atoms. The van der Waals surface area contributed by atoms with Gasteiger partial charge >= 0.3 is 7.12 Å². The van der Waals surface area contributed by atoms with Crippen molar-refractivity contribution in [1.29, 1.82) is 0 Å². The van der Waals surface area contributed by atoms with Crippen LogP contribution >= 0.6 is 0 Å². The fourth-order valence-electron chi connectivity index (χ4n) is 3.76. The van der Waals surface area contributed by atoms with Gasteiger partial charge in [0, 0.05) is 22.5 Å². The molecule has 0 aromatic heterocycles. The molecule has 1 heterocycles. The fraction of sp³-hybridized carbons (Fsp3) is 0.250. The van der Waals surface area contributed by atoms with Crippen LogP contribution in [0.3, 0.4) is 0 Å². The van der Waals surface area contributed by atoms with Crippen molar-refractivity contribution in [2.24, 2.45) is 0 Å². The van der Waals surface area contributed by atoms with E-state index in [1.54, 1.807) is 0 Å². The zero-order chi connectivity index (χ0) is 20.8. The topological polar surface area (TPSA) is 70.5 Å². The van der Waals surface area contributed by atoms with E-state index in [9.17, 15) is 0 Å². The number of nitrogens with two attached hydrogens (primary N) is 2. The minimum absolute atomic E-state index is 0.451. The van der Waals surface area contributed by atoms with Crippen LogP contribution in [0, 0.1) is 0 Å². The lowest BCUT2D eigenvalue weighted by atomic mass is 9.72. The number of anilines is 2. The Kier molecular flexibility index (Phi) is 4.68. The first-order chi connectivity index (χ1) is 13.7. The Labute approximate surface area is 173 Å². The van der Waals surface area contributed by atoms with Crippen LogP contribution < -0.4 is 16.9 Å². The second kappa shape index (κ2) is 6.94. The Balaban J connectivity index is 1.95. The SMILES string of the molecule is CC1(C)OB(c2cc(N)c(-c3ccccc3)c(N)c2-c2ccccc2)OC1(C)C. The Morgan fingerprint density at radius 1 is 0.690 bits per heavy atom. The summed E-state index contributed by atoms with van der Waals surface area (Å²) in [5.74, 6) is 0. The van der Waals surface area contributed by atoms with Gasteiger partial charge in [0.25, 0.3) is 0 Å². The first-order valence-electron chi connectivity index (χ1n) is 9.89. The molecule has 3 aromatic carbocycles. The second-order valence-corrected chi connectivity index (χ2v) is 8.54. The predicted molar refractivity (Wildman–Crippen MR) is 122 cm³/mol. The highest BCUT2D eigenvalue weighted by Gasteiger charge is 2.52. The van der Waals surface area contributed by atoms with Crippen LogP contribution in [0.1, 0.15) is 27.7 Å². The molecule has 1 saturated heterocycles. The van der Waals surface area contributed by atoms with Crippen LogP contribution in [0.4, 0.5) is 11.4 Å². The fourth-order valence-corrected chi connectivity index (χ4v) is 3.76. The van der Waals surface area contributed by atoms with E-state index in [2.05, 4.69) is 0 Å². The van der Waals surface area contributed by atoms with E-state index in [-0.39, 0.29) is 0 Å². The lowest BCUT2D eigenvalue weighted by molar-refractivity contribution is 0.00578. The summed E-state index contributed by atoms with van der Waals surface area (Å²) in [7, 11) is -0.551. The molecule has 5 heteroatoms. The Morgan fingerprint density at radius 2 is 1.14 bits per heavy atom. The maximum atomic E-state index is 6.76. The van der Waals surface area contributed by atoms with Crippen molar-refractivity contribution in [3.05, 3.63) is 66.7 Å². The van der Waals surface area contributed by atoms with Gasteiger partial charge in [-0.25, -0.2) is 0 Å². The molecule has 0 bridgehead atoms. The van der Waals surface area contributed by atoms with Gasteiger partial charge in [0.1, 0.15) is 0 Å². The van der Waals surface area contributed by atoms with E-state index in [1.807, 2.05) is 94.4 Å². The van der Waals surface area contributed by atoms with E-state index in [0.29, 0.717) is 11.4 Å². The van der Waals surface area contributed by atoms with Crippen LogP contribution in [0.25, 0.3) is 22.3 Å². The maximum absolute atomic E-state index is 6.76. The van der Waals surface area contributed by atoms with Gasteiger partial charge in [-0.05, 0) is 50.4 Å². The van der Waals surface area contributed by atoms with Crippen molar-refractivity contribution in [1.82, 2.24) is 0 Å². The summed E-state index contributed by atoms with van der Waals surface area (Å²) >= 11 is 0. The van der Waals surface area contributed by atoms with Gasteiger partial charge in [-0.3, -0.25) is 0 Å². The third kappa shape index (κ3) is 3.30. The summed E-state index contributed by atoms with van der Waals surface area (Å²) in [6, 6.07) is 22.0. The molecular weight excluding hydrogens is 359 g/mol. The van der Waals surface area contributed by atoms with Crippen molar-refractivity contribution in [2.45, 2.75) is 38.9 Å². The van der Waals surface area contributed by atoms with Crippen LogP contribution in [0.5, 0.6) is 0 Å². The van der Waals surface area contributed by atoms with E-state index in [4.69, 9.17) is 20.8 Å². The molecule has 4 nitrogen and oxygen atoms in total. The molecule has 0 unspecified atom stereocenters. The summed E-state index contributed by atoms with van der Waals surface area (Å²) in [6.45, 7) is 8.17. The highest BCUT2D eigenvalue weighted by molar-refractivity contribution is 6.64. The van der Waals surface area contributed by atoms with Gasteiger partial charge in [-0.15, -0.1) is 0 Å². The van der Waals surface area contributed by atoms with Crippen LogP contribution in [-0.4, -0.2) is 18.3 Å². The average molecular weight is 386 g/mol. The van der Waals surface area contributed by atoms with Crippen molar-refractivity contribution < 1.29 is 9.31 Å². The van der Waals surface area contributed by atoms with E-state index in [0.717, 1.165) is 27.7 Å². The predicted octanol–water partition coefficient (Wildman–Crippen LogP) is 4.48. The Morgan fingerprint density at radius 3 is 1.62 bits per heavy atom. The molecule has 29 heavy (non-hydrogen) atoms. The zero-order valence-electron chi connectivity index (χ0n) is 17.4. The molecule has 4 N–H and O–H groups in total. The summed E-state index contributed by atoms with van der Waals surface area (Å²) < 4.78 is 12.7. The van der Waals surface area contributed by atoms with E-state index < -0.39 is 18.3 Å². The Hall–Kier alpha value is -2.76. The van der Waals surface area contributed by atoms with Gasteiger partial charge < -0.3 is 20.8 Å². The van der Waals surface area contributed by atoms with Gasteiger partial charge in [-0.2, -0.15) is 0 Å². The minimum Gasteiger partial charge on any atom is -0.399 e. The first-order valence-corrected chi connectivity index (χ1v) is 9.89. The lowest BCUT2D eigenvalue weighted by Crippen LogP contribution is -2.41. The molecule has 4 rings (SSSR count). The molecule has 1 aliphatic heterocycles. The normalized spacial score (nSPS) is 17.4. The average Bonchev–Trinajstić information content (AvgIpc) is 2.90. The molecule has 148 valence electrons. The monoisotopic (exact) mass is 386 g/mol. The number of rotatable bonds is 3. The molecule has 0 radical (unpaired) electrons. The molecule has 1 aliphatic rings. The van der Waals surface area contributed by atoms with Crippen LogP contribution in [-0.2, 0) is 9.31 Å². The number of nitrogen functional groups attached to an aromatic ring is 2. The molecule has 3 aromatic rings. The van der Waals surface area contributed by atoms with Gasteiger partial charge in [0.15, 0.2) is 0 Å².